The van der Waals surface area contributed by atoms with Crippen LogP contribution >= 0.6 is 0 Å². The van der Waals surface area contributed by atoms with Crippen molar-refractivity contribution in [2.24, 2.45) is 0 Å². The molecule has 0 saturated heterocycles. The molecule has 1 aromatic rings. The van der Waals surface area contributed by atoms with Crippen LogP contribution in [-0.4, -0.2) is 26.2 Å². The summed E-state index contributed by atoms with van der Waals surface area (Å²) < 4.78 is 26.7. The third-order valence-corrected chi connectivity index (χ3v) is 2.29. The Morgan fingerprint density at radius 2 is 2.24 bits per heavy atom. The lowest BCUT2D eigenvalue weighted by molar-refractivity contribution is 0.136. The fourth-order valence-corrected chi connectivity index (χ4v) is 1.50. The van der Waals surface area contributed by atoms with Crippen molar-refractivity contribution in [1.29, 1.82) is 5.26 Å². The van der Waals surface area contributed by atoms with Crippen LogP contribution < -0.4 is 0 Å². The minimum absolute atomic E-state index is 0.0274. The fourth-order valence-electron chi connectivity index (χ4n) is 1.50. The molecule has 0 aliphatic rings. The van der Waals surface area contributed by atoms with E-state index in [4.69, 9.17) is 10.4 Å². The Kier molecular flexibility index (Phi) is 4.97. The number of aliphatic hydroxyl groups excluding tert-OH is 1. The predicted octanol–water partition coefficient (Wildman–Crippen LogP) is 1.44. The zero-order chi connectivity index (χ0) is 12.8. The van der Waals surface area contributed by atoms with Crippen LogP contribution in [0.3, 0.4) is 0 Å². The molecule has 5 nitrogen and oxygen atoms in total. The van der Waals surface area contributed by atoms with Gasteiger partial charge in [0.15, 0.2) is 0 Å². The number of alkyl halides is 2. The van der Waals surface area contributed by atoms with E-state index in [-0.39, 0.29) is 24.4 Å². The molecule has 0 fully saturated rings. The summed E-state index contributed by atoms with van der Waals surface area (Å²) >= 11 is 0. The van der Waals surface area contributed by atoms with Crippen molar-refractivity contribution in [2.75, 3.05) is 0 Å². The van der Waals surface area contributed by atoms with Crippen LogP contribution in [0.4, 0.5) is 8.78 Å². The summed E-state index contributed by atoms with van der Waals surface area (Å²) in [5, 5.41) is 24.7. The van der Waals surface area contributed by atoms with Gasteiger partial charge in [0.25, 0.3) is 6.43 Å². The van der Waals surface area contributed by atoms with Crippen molar-refractivity contribution in [2.45, 2.75) is 45.3 Å². The fraction of sp³-hybridized carbons (Fsp3) is 0.700. The third kappa shape index (κ3) is 3.75. The zero-order valence-corrected chi connectivity index (χ0v) is 9.48. The molecule has 1 unspecified atom stereocenters. The van der Waals surface area contributed by atoms with Gasteiger partial charge in [-0.3, -0.25) is 0 Å². The molecule has 0 aromatic carbocycles. The normalized spacial score (nSPS) is 12.7. The van der Waals surface area contributed by atoms with Crippen molar-refractivity contribution in [3.05, 3.63) is 11.4 Å². The second-order valence-electron chi connectivity index (χ2n) is 3.77. The van der Waals surface area contributed by atoms with Gasteiger partial charge in [-0.25, -0.2) is 13.5 Å². The largest absolute Gasteiger partial charge is 0.393 e. The number of hydrogen-bond donors (Lipinski definition) is 1. The molecule has 1 aromatic heterocycles. The summed E-state index contributed by atoms with van der Waals surface area (Å²) in [4.78, 5) is 0. The Hall–Kier alpha value is -1.55. The van der Waals surface area contributed by atoms with Crippen LogP contribution in [0.1, 0.15) is 37.6 Å². The first-order chi connectivity index (χ1) is 8.06. The molecule has 1 rings (SSSR count). The molecule has 7 heteroatoms. The van der Waals surface area contributed by atoms with Gasteiger partial charge in [-0.15, -0.1) is 5.10 Å². The molecule has 0 radical (unpaired) electrons. The average Bonchev–Trinajstić information content (AvgIpc) is 2.61. The van der Waals surface area contributed by atoms with Crippen LogP contribution in [0.2, 0.25) is 0 Å². The van der Waals surface area contributed by atoms with Crippen molar-refractivity contribution < 1.29 is 13.9 Å². The van der Waals surface area contributed by atoms with E-state index in [2.05, 4.69) is 10.3 Å². The highest BCUT2D eigenvalue weighted by molar-refractivity contribution is 5.15. The van der Waals surface area contributed by atoms with E-state index in [1.165, 1.54) is 0 Å². The number of hydrogen-bond acceptors (Lipinski definition) is 4. The van der Waals surface area contributed by atoms with E-state index >= 15 is 0 Å². The highest BCUT2D eigenvalue weighted by atomic mass is 19.3. The van der Waals surface area contributed by atoms with E-state index < -0.39 is 12.5 Å². The van der Waals surface area contributed by atoms with Crippen LogP contribution in [0.25, 0.3) is 0 Å². The average molecular weight is 244 g/mol. The first-order valence-corrected chi connectivity index (χ1v) is 5.31. The number of rotatable bonds is 6. The van der Waals surface area contributed by atoms with Crippen molar-refractivity contribution in [1.82, 2.24) is 15.0 Å². The predicted molar refractivity (Wildman–Crippen MR) is 55.2 cm³/mol. The molecular formula is C10H14F2N4O. The van der Waals surface area contributed by atoms with Gasteiger partial charge in [0, 0.05) is 6.54 Å². The summed E-state index contributed by atoms with van der Waals surface area (Å²) in [7, 11) is 0. The molecule has 0 saturated carbocycles. The van der Waals surface area contributed by atoms with E-state index in [0.29, 0.717) is 12.8 Å². The number of aromatic nitrogens is 3. The Morgan fingerprint density at radius 3 is 2.76 bits per heavy atom. The maximum absolute atomic E-state index is 12.8. The van der Waals surface area contributed by atoms with E-state index in [9.17, 15) is 8.78 Å². The number of nitriles is 1. The van der Waals surface area contributed by atoms with Gasteiger partial charge in [-0.1, -0.05) is 5.21 Å². The minimum atomic E-state index is -2.69. The summed E-state index contributed by atoms with van der Waals surface area (Å²) in [6, 6.07) is 1.78. The number of halogens is 2. The second-order valence-corrected chi connectivity index (χ2v) is 3.77. The second kappa shape index (κ2) is 6.25. The molecule has 0 aliphatic heterocycles. The van der Waals surface area contributed by atoms with E-state index in [0.717, 1.165) is 4.68 Å². The highest BCUT2D eigenvalue weighted by Gasteiger charge is 2.21. The Bertz CT molecular complexity index is 398. The lowest BCUT2D eigenvalue weighted by atomic mass is 10.2. The SMILES string of the molecule is CC(O)CCCn1nnc(CC#N)c1C(F)F. The van der Waals surface area contributed by atoms with Crippen LogP contribution in [-0.2, 0) is 13.0 Å². The van der Waals surface area contributed by atoms with E-state index in [1.807, 2.05) is 0 Å². The van der Waals surface area contributed by atoms with Gasteiger partial charge >= 0.3 is 0 Å². The standard InChI is InChI=1S/C10H14F2N4O/c1-7(17)3-2-6-16-9(10(11)12)8(4-5-13)14-15-16/h7,10,17H,2-4,6H2,1H3. The molecular weight excluding hydrogens is 230 g/mol. The van der Waals surface area contributed by atoms with Gasteiger partial charge in [-0.05, 0) is 19.8 Å². The quantitative estimate of drug-likeness (QED) is 0.821. The molecule has 1 heterocycles. The third-order valence-electron chi connectivity index (χ3n) is 2.29. The lowest BCUT2D eigenvalue weighted by Crippen LogP contribution is -2.09. The molecule has 1 atom stereocenters. The Balaban J connectivity index is 2.74. The molecule has 0 amide bonds. The van der Waals surface area contributed by atoms with Gasteiger partial charge in [0.2, 0.25) is 0 Å². The van der Waals surface area contributed by atoms with Crippen molar-refractivity contribution >= 4 is 0 Å². The molecule has 0 spiro atoms. The first kappa shape index (κ1) is 13.5. The van der Waals surface area contributed by atoms with Gasteiger partial charge in [0.05, 0.1) is 18.6 Å². The van der Waals surface area contributed by atoms with Crippen molar-refractivity contribution in [3.63, 3.8) is 0 Å². The number of nitrogens with zero attached hydrogens (tertiary/aromatic N) is 4. The first-order valence-electron chi connectivity index (χ1n) is 5.31. The highest BCUT2D eigenvalue weighted by Crippen LogP contribution is 2.22. The maximum Gasteiger partial charge on any atom is 0.281 e. The smallest absolute Gasteiger partial charge is 0.281 e. The minimum Gasteiger partial charge on any atom is -0.393 e. The van der Waals surface area contributed by atoms with Crippen molar-refractivity contribution in [3.8, 4) is 6.07 Å². The molecule has 1 N–H and O–H groups in total. The maximum atomic E-state index is 12.8. The molecule has 0 bridgehead atoms. The molecule has 0 aliphatic carbocycles. The summed E-state index contributed by atoms with van der Waals surface area (Å²) in [5.41, 5.74) is -0.267. The number of aliphatic hydroxyl groups is 1. The topological polar surface area (TPSA) is 74.7 Å². The number of aryl methyl sites for hydroxylation is 1. The summed E-state index contributed by atoms with van der Waals surface area (Å²) in [6.45, 7) is 1.90. The van der Waals surface area contributed by atoms with Crippen LogP contribution in [0.5, 0.6) is 0 Å². The van der Waals surface area contributed by atoms with Gasteiger partial charge in [0.1, 0.15) is 11.4 Å². The Morgan fingerprint density at radius 1 is 1.53 bits per heavy atom. The van der Waals surface area contributed by atoms with E-state index in [1.54, 1.807) is 13.0 Å². The lowest BCUT2D eigenvalue weighted by Gasteiger charge is -2.07. The van der Waals surface area contributed by atoms with Crippen LogP contribution in [0, 0.1) is 11.3 Å². The molecule has 17 heavy (non-hydrogen) atoms. The molecule has 94 valence electrons. The monoisotopic (exact) mass is 244 g/mol. The Labute approximate surface area is 97.7 Å². The summed E-state index contributed by atoms with van der Waals surface area (Å²) in [6.07, 6.45) is -2.29. The van der Waals surface area contributed by atoms with Crippen LogP contribution in [0.15, 0.2) is 0 Å². The summed E-state index contributed by atoms with van der Waals surface area (Å²) in [5.74, 6) is 0. The van der Waals surface area contributed by atoms with Gasteiger partial charge in [-0.2, -0.15) is 5.26 Å². The zero-order valence-electron chi connectivity index (χ0n) is 9.48. The van der Waals surface area contributed by atoms with Gasteiger partial charge < -0.3 is 5.11 Å².